The molecular weight excluding hydrogens is 392 g/mol. The summed E-state index contributed by atoms with van der Waals surface area (Å²) in [5.74, 6) is 3.25. The molecule has 0 aliphatic heterocycles. The summed E-state index contributed by atoms with van der Waals surface area (Å²) in [6, 6.07) is 0. The number of allylic oxidation sites excluding steroid dienone is 2. The molecule has 0 heterocycles. The Morgan fingerprint density at radius 1 is 0.969 bits per heavy atom. The monoisotopic (exact) mass is 440 g/mol. The first-order chi connectivity index (χ1) is 14.7. The summed E-state index contributed by atoms with van der Waals surface area (Å²) < 4.78 is 0. The lowest BCUT2D eigenvalue weighted by Gasteiger charge is -2.73. The van der Waals surface area contributed by atoms with E-state index in [1.807, 2.05) is 0 Å². The van der Waals surface area contributed by atoms with Gasteiger partial charge in [0, 0.05) is 17.8 Å². The molecule has 0 unspecified atom stereocenters. The van der Waals surface area contributed by atoms with Gasteiger partial charge in [-0.05, 0) is 97.2 Å². The average molecular weight is 441 g/mol. The van der Waals surface area contributed by atoms with E-state index in [9.17, 15) is 9.90 Å². The molecule has 5 aliphatic rings. The van der Waals surface area contributed by atoms with Crippen LogP contribution in [-0.2, 0) is 4.79 Å². The predicted molar refractivity (Wildman–Crippen MR) is 131 cm³/mol. The van der Waals surface area contributed by atoms with Crippen molar-refractivity contribution in [2.45, 2.75) is 113 Å². The van der Waals surface area contributed by atoms with Crippen molar-refractivity contribution in [1.82, 2.24) is 0 Å². The van der Waals surface area contributed by atoms with Crippen LogP contribution in [0.2, 0.25) is 0 Å². The topological polar surface area (TPSA) is 37.3 Å². The summed E-state index contributed by atoms with van der Waals surface area (Å²) in [7, 11) is 0. The Labute approximate surface area is 197 Å². The van der Waals surface area contributed by atoms with Crippen molar-refractivity contribution < 1.29 is 9.90 Å². The van der Waals surface area contributed by atoms with Gasteiger partial charge in [0.15, 0.2) is 0 Å². The molecule has 0 saturated heterocycles. The Bertz CT molecular complexity index is 855. The predicted octanol–water partition coefficient (Wildman–Crippen LogP) is 7.20. The van der Waals surface area contributed by atoms with Crippen LogP contribution in [0.4, 0.5) is 0 Å². The van der Waals surface area contributed by atoms with E-state index in [2.05, 4.69) is 61.5 Å². The van der Waals surface area contributed by atoms with Crippen LogP contribution >= 0.6 is 0 Å². The largest absolute Gasteiger partial charge is 0.393 e. The summed E-state index contributed by atoms with van der Waals surface area (Å²) in [5, 5.41) is 11.7. The number of carbonyl (C=O) groups is 1. The number of hydrogen-bond donors (Lipinski definition) is 1. The molecule has 5 rings (SSSR count). The third kappa shape index (κ3) is 2.60. The van der Waals surface area contributed by atoms with Gasteiger partial charge in [-0.25, -0.2) is 0 Å². The van der Waals surface area contributed by atoms with Gasteiger partial charge in [0.25, 0.3) is 0 Å². The van der Waals surface area contributed by atoms with Crippen LogP contribution in [0.15, 0.2) is 11.6 Å². The lowest BCUT2D eigenvalue weighted by atomic mass is 9.31. The maximum atomic E-state index is 12.9. The number of Topliss-reactive ketones (excluding diaryl/α,β-unsaturated/α-hetero) is 1. The van der Waals surface area contributed by atoms with E-state index in [1.54, 1.807) is 5.57 Å². The molecule has 1 N–H and O–H groups in total. The second kappa shape index (κ2) is 6.73. The van der Waals surface area contributed by atoms with Crippen molar-refractivity contribution in [2.75, 3.05) is 0 Å². The highest BCUT2D eigenvalue weighted by atomic mass is 16.3. The zero-order chi connectivity index (χ0) is 23.5. The van der Waals surface area contributed by atoms with Gasteiger partial charge >= 0.3 is 0 Å². The Kier molecular flexibility index (Phi) is 4.87. The molecule has 0 aromatic carbocycles. The number of carbonyl (C=O) groups excluding carboxylic acids is 1. The fourth-order valence-electron chi connectivity index (χ4n) is 11.3. The molecule has 2 nitrogen and oxygen atoms in total. The van der Waals surface area contributed by atoms with Gasteiger partial charge in [0.2, 0.25) is 0 Å². The zero-order valence-corrected chi connectivity index (χ0v) is 22.1. The molecule has 2 heteroatoms. The highest BCUT2D eigenvalue weighted by Crippen LogP contribution is 2.76. The molecule has 180 valence electrons. The SMILES string of the molecule is CC1=CC[C@]2(C)CC[C@]3(C)[C@H](CC[C@@H]4[C@@]5(C)CCC(=O)C(C)(C)[C@@H]5[C@H](O)C[C@]43C)[C@@H]2[C@@H]1C. The lowest BCUT2D eigenvalue weighted by Crippen LogP contribution is -2.69. The molecule has 0 aromatic rings. The molecule has 0 spiro atoms. The van der Waals surface area contributed by atoms with Gasteiger partial charge in [-0.2, -0.15) is 0 Å². The van der Waals surface area contributed by atoms with Crippen LogP contribution in [0.3, 0.4) is 0 Å². The molecule has 5 aliphatic carbocycles. The van der Waals surface area contributed by atoms with Gasteiger partial charge in [-0.1, -0.05) is 60.1 Å². The Hall–Kier alpha value is -0.630. The Balaban J connectivity index is 1.59. The van der Waals surface area contributed by atoms with Crippen LogP contribution < -0.4 is 0 Å². The molecule has 0 radical (unpaired) electrons. The number of fused-ring (bicyclic) bond motifs is 7. The van der Waals surface area contributed by atoms with E-state index in [-0.39, 0.29) is 28.3 Å². The molecule has 4 saturated carbocycles. The van der Waals surface area contributed by atoms with Gasteiger partial charge in [-0.15, -0.1) is 0 Å². The third-order valence-corrected chi connectivity index (χ3v) is 13.2. The maximum absolute atomic E-state index is 12.9. The van der Waals surface area contributed by atoms with Crippen LogP contribution in [0.5, 0.6) is 0 Å². The Morgan fingerprint density at radius 2 is 1.66 bits per heavy atom. The summed E-state index contributed by atoms with van der Waals surface area (Å²) >= 11 is 0. The van der Waals surface area contributed by atoms with Crippen molar-refractivity contribution in [2.24, 2.45) is 56.7 Å². The second-order valence-electron chi connectivity index (χ2n) is 14.6. The van der Waals surface area contributed by atoms with E-state index in [4.69, 9.17) is 0 Å². The van der Waals surface area contributed by atoms with E-state index in [0.717, 1.165) is 24.7 Å². The summed E-state index contributed by atoms with van der Waals surface area (Å²) in [5.41, 5.74) is 2.11. The standard InChI is InChI=1S/C30H48O2/c1-18-11-13-27(5)15-16-29(7)20(24(27)19(18)2)9-10-22-28(6)14-12-23(32)26(3,4)25(28)21(31)17-30(22,29)8/h11,19-22,24-25,31H,9-10,12-17H2,1-8H3/t19-,20-,21-,22-,24+,25+,27-,28-,29-,30-/m1/s1. The molecule has 32 heavy (non-hydrogen) atoms. The zero-order valence-electron chi connectivity index (χ0n) is 22.1. The minimum Gasteiger partial charge on any atom is -0.393 e. The van der Waals surface area contributed by atoms with Gasteiger partial charge in [0.1, 0.15) is 5.78 Å². The number of rotatable bonds is 0. The summed E-state index contributed by atoms with van der Waals surface area (Å²) in [6.07, 6.45) is 11.2. The highest BCUT2D eigenvalue weighted by molar-refractivity contribution is 5.85. The summed E-state index contributed by atoms with van der Waals surface area (Å²) in [6.45, 7) is 19.3. The van der Waals surface area contributed by atoms with Crippen molar-refractivity contribution >= 4 is 5.78 Å². The van der Waals surface area contributed by atoms with Gasteiger partial charge < -0.3 is 5.11 Å². The lowest BCUT2D eigenvalue weighted by molar-refractivity contribution is -0.261. The normalized spacial score (nSPS) is 56.9. The fraction of sp³-hybridized carbons (Fsp3) is 0.900. The van der Waals surface area contributed by atoms with Gasteiger partial charge in [0.05, 0.1) is 6.10 Å². The third-order valence-electron chi connectivity index (χ3n) is 13.2. The Morgan fingerprint density at radius 3 is 2.34 bits per heavy atom. The highest BCUT2D eigenvalue weighted by Gasteiger charge is 2.71. The number of hydrogen-bond acceptors (Lipinski definition) is 2. The second-order valence-corrected chi connectivity index (χ2v) is 14.6. The van der Waals surface area contributed by atoms with Crippen LogP contribution in [-0.4, -0.2) is 17.0 Å². The van der Waals surface area contributed by atoms with E-state index < -0.39 is 5.41 Å². The van der Waals surface area contributed by atoms with Crippen molar-refractivity contribution in [1.29, 1.82) is 0 Å². The first-order valence-electron chi connectivity index (χ1n) is 13.6. The number of aliphatic hydroxyl groups is 1. The molecule has 0 bridgehead atoms. The minimum atomic E-state index is -0.406. The quantitative estimate of drug-likeness (QED) is 0.404. The smallest absolute Gasteiger partial charge is 0.138 e. The van der Waals surface area contributed by atoms with Crippen molar-refractivity contribution in [3.05, 3.63) is 11.6 Å². The number of ketones is 1. The molecular formula is C30H48O2. The maximum Gasteiger partial charge on any atom is 0.138 e. The first kappa shape index (κ1) is 23.1. The van der Waals surface area contributed by atoms with Gasteiger partial charge in [-0.3, -0.25) is 4.79 Å². The first-order valence-corrected chi connectivity index (χ1v) is 13.6. The van der Waals surface area contributed by atoms with Crippen LogP contribution in [0, 0.1) is 56.7 Å². The van der Waals surface area contributed by atoms with E-state index in [0.29, 0.717) is 29.5 Å². The molecule has 4 fully saturated rings. The fourth-order valence-corrected chi connectivity index (χ4v) is 11.3. The van der Waals surface area contributed by atoms with E-state index in [1.165, 1.54) is 32.1 Å². The van der Waals surface area contributed by atoms with Crippen molar-refractivity contribution in [3.63, 3.8) is 0 Å². The average Bonchev–Trinajstić information content (AvgIpc) is 2.69. The summed E-state index contributed by atoms with van der Waals surface area (Å²) in [4.78, 5) is 12.9. The molecule has 0 aromatic heterocycles. The minimum absolute atomic E-state index is 0.0621. The van der Waals surface area contributed by atoms with E-state index >= 15 is 0 Å². The van der Waals surface area contributed by atoms with Crippen molar-refractivity contribution in [3.8, 4) is 0 Å². The molecule has 0 amide bonds. The van der Waals surface area contributed by atoms with Crippen LogP contribution in [0.25, 0.3) is 0 Å². The van der Waals surface area contributed by atoms with Crippen LogP contribution in [0.1, 0.15) is 107 Å². The number of aliphatic hydroxyl groups excluding tert-OH is 1. The molecule has 10 atom stereocenters.